The molecule has 0 aromatic carbocycles. The summed E-state index contributed by atoms with van der Waals surface area (Å²) in [6.45, 7) is 2.34. The van der Waals surface area contributed by atoms with E-state index in [-0.39, 0.29) is 5.91 Å². The molecule has 18 heavy (non-hydrogen) atoms. The van der Waals surface area contributed by atoms with Crippen LogP contribution in [0.3, 0.4) is 0 Å². The third-order valence-electron chi connectivity index (χ3n) is 3.09. The van der Waals surface area contributed by atoms with Gasteiger partial charge in [-0.05, 0) is 30.9 Å². The van der Waals surface area contributed by atoms with Gasteiger partial charge in [-0.2, -0.15) is 0 Å². The number of thioether (sulfide) groups is 1. The average molecular weight is 265 g/mol. The first-order valence-electron chi connectivity index (χ1n) is 6.35. The molecule has 4 nitrogen and oxygen atoms in total. The highest BCUT2D eigenvalue weighted by atomic mass is 32.2. The lowest BCUT2D eigenvalue weighted by Gasteiger charge is -2.26. The van der Waals surface area contributed by atoms with Crippen LogP contribution in [-0.2, 0) is 11.3 Å². The molecule has 1 saturated heterocycles. The molecular weight excluding hydrogens is 246 g/mol. The molecule has 1 aliphatic heterocycles. The van der Waals surface area contributed by atoms with Crippen LogP contribution in [0.25, 0.3) is 0 Å². The molecule has 0 saturated carbocycles. The van der Waals surface area contributed by atoms with Gasteiger partial charge in [-0.1, -0.05) is 17.8 Å². The molecule has 1 aliphatic rings. The predicted octanol–water partition coefficient (Wildman–Crippen LogP) is 1.64. The fourth-order valence-electron chi connectivity index (χ4n) is 1.99. The topological polar surface area (TPSA) is 59.2 Å². The lowest BCUT2D eigenvalue weighted by atomic mass is 10.1. The molecule has 0 atom stereocenters. The first-order chi connectivity index (χ1) is 8.79. The third kappa shape index (κ3) is 3.71. The van der Waals surface area contributed by atoms with Gasteiger partial charge in [0.25, 0.3) is 0 Å². The molecular formula is C13H19N3OS. The molecule has 1 amide bonds. The zero-order valence-corrected chi connectivity index (χ0v) is 11.3. The van der Waals surface area contributed by atoms with Crippen LogP contribution in [0.4, 0.5) is 0 Å². The van der Waals surface area contributed by atoms with Crippen molar-refractivity contribution in [3.05, 3.63) is 23.9 Å². The molecule has 2 heterocycles. The Bertz CT molecular complexity index is 388. The number of hydrogen-bond acceptors (Lipinski definition) is 4. The first kappa shape index (κ1) is 13.4. The lowest BCUT2D eigenvalue weighted by Crippen LogP contribution is -2.36. The lowest BCUT2D eigenvalue weighted by molar-refractivity contribution is -0.129. The van der Waals surface area contributed by atoms with Gasteiger partial charge in [0, 0.05) is 25.8 Å². The van der Waals surface area contributed by atoms with Gasteiger partial charge in [-0.15, -0.1) is 0 Å². The van der Waals surface area contributed by atoms with Gasteiger partial charge in [-0.3, -0.25) is 4.79 Å². The van der Waals surface area contributed by atoms with E-state index in [4.69, 9.17) is 5.73 Å². The molecule has 2 N–H and O–H groups in total. The molecule has 0 spiro atoms. The Kier molecular flexibility index (Phi) is 5.01. The van der Waals surface area contributed by atoms with Crippen LogP contribution in [0.2, 0.25) is 0 Å². The van der Waals surface area contributed by atoms with Crippen LogP contribution in [0.15, 0.2) is 23.4 Å². The molecule has 0 bridgehead atoms. The Balaban J connectivity index is 1.80. The Morgan fingerprint density at radius 3 is 2.72 bits per heavy atom. The average Bonchev–Trinajstić information content (AvgIpc) is 2.46. The highest BCUT2D eigenvalue weighted by Crippen LogP contribution is 2.17. The fourth-order valence-corrected chi connectivity index (χ4v) is 2.73. The van der Waals surface area contributed by atoms with Crippen molar-refractivity contribution in [2.45, 2.75) is 30.8 Å². The smallest absolute Gasteiger partial charge is 0.232 e. The Hall–Kier alpha value is -1.07. The Labute approximate surface area is 112 Å². The second kappa shape index (κ2) is 6.75. The highest BCUT2D eigenvalue weighted by molar-refractivity contribution is 7.99. The van der Waals surface area contributed by atoms with Gasteiger partial charge < -0.3 is 10.6 Å². The van der Waals surface area contributed by atoms with Crippen LogP contribution in [0.5, 0.6) is 0 Å². The Morgan fingerprint density at radius 2 is 2.11 bits per heavy atom. The molecule has 1 fully saturated rings. The van der Waals surface area contributed by atoms with Gasteiger partial charge in [0.05, 0.1) is 10.8 Å². The monoisotopic (exact) mass is 265 g/mol. The number of carbonyl (C=O) groups excluding carboxylic acids is 1. The summed E-state index contributed by atoms with van der Waals surface area (Å²) >= 11 is 1.50. The van der Waals surface area contributed by atoms with E-state index in [0.717, 1.165) is 36.5 Å². The zero-order chi connectivity index (χ0) is 12.8. The first-order valence-corrected chi connectivity index (χ1v) is 7.34. The van der Waals surface area contributed by atoms with E-state index in [2.05, 4.69) is 4.98 Å². The third-order valence-corrected chi connectivity index (χ3v) is 4.01. The number of piperidine rings is 1. The normalized spacial score (nSPS) is 15.7. The number of pyridine rings is 1. The second-order valence-corrected chi connectivity index (χ2v) is 5.43. The number of amides is 1. The molecule has 0 unspecified atom stereocenters. The van der Waals surface area contributed by atoms with Crippen molar-refractivity contribution in [3.8, 4) is 0 Å². The fraction of sp³-hybridized carbons (Fsp3) is 0.538. The Morgan fingerprint density at radius 1 is 1.33 bits per heavy atom. The summed E-state index contributed by atoms with van der Waals surface area (Å²) in [5, 5.41) is 0.887. The van der Waals surface area contributed by atoms with Crippen LogP contribution >= 0.6 is 11.8 Å². The molecule has 0 aliphatic carbocycles. The number of nitrogens with two attached hydrogens (primary N) is 1. The summed E-state index contributed by atoms with van der Waals surface area (Å²) in [6, 6.07) is 3.89. The molecule has 1 aromatic heterocycles. The number of hydrogen-bond donors (Lipinski definition) is 1. The van der Waals surface area contributed by atoms with E-state index in [1.54, 1.807) is 6.20 Å². The van der Waals surface area contributed by atoms with Gasteiger partial charge in [0.15, 0.2) is 0 Å². The van der Waals surface area contributed by atoms with Crippen LogP contribution in [-0.4, -0.2) is 34.6 Å². The van der Waals surface area contributed by atoms with E-state index in [1.165, 1.54) is 18.2 Å². The predicted molar refractivity (Wildman–Crippen MR) is 73.3 cm³/mol. The van der Waals surface area contributed by atoms with Crippen molar-refractivity contribution in [1.29, 1.82) is 0 Å². The maximum absolute atomic E-state index is 12.0. The second-order valence-electron chi connectivity index (χ2n) is 4.44. The molecule has 2 rings (SSSR count). The largest absolute Gasteiger partial charge is 0.342 e. The van der Waals surface area contributed by atoms with E-state index in [1.807, 2.05) is 17.0 Å². The van der Waals surface area contributed by atoms with Crippen molar-refractivity contribution in [1.82, 2.24) is 9.88 Å². The van der Waals surface area contributed by atoms with Gasteiger partial charge in [0.1, 0.15) is 0 Å². The van der Waals surface area contributed by atoms with Gasteiger partial charge in [-0.25, -0.2) is 4.98 Å². The van der Waals surface area contributed by atoms with Crippen molar-refractivity contribution in [3.63, 3.8) is 0 Å². The van der Waals surface area contributed by atoms with E-state index in [9.17, 15) is 4.79 Å². The number of nitrogens with zero attached hydrogens (tertiary/aromatic N) is 2. The minimum absolute atomic E-state index is 0.226. The number of carbonyl (C=O) groups is 1. The summed E-state index contributed by atoms with van der Waals surface area (Å²) in [5.41, 5.74) is 6.53. The summed E-state index contributed by atoms with van der Waals surface area (Å²) in [7, 11) is 0. The summed E-state index contributed by atoms with van der Waals surface area (Å²) in [6.07, 6.45) is 5.30. The summed E-state index contributed by atoms with van der Waals surface area (Å²) < 4.78 is 0. The van der Waals surface area contributed by atoms with E-state index >= 15 is 0 Å². The minimum Gasteiger partial charge on any atom is -0.342 e. The van der Waals surface area contributed by atoms with Crippen molar-refractivity contribution < 1.29 is 4.79 Å². The maximum atomic E-state index is 12.0. The van der Waals surface area contributed by atoms with Crippen LogP contribution < -0.4 is 5.73 Å². The standard InChI is InChI=1S/C13H19N3OS/c14-8-11-4-5-12(15-9-11)18-10-13(17)16-6-2-1-3-7-16/h4-5,9H,1-3,6-8,10,14H2. The molecule has 98 valence electrons. The zero-order valence-electron chi connectivity index (χ0n) is 10.5. The van der Waals surface area contributed by atoms with Crippen LogP contribution in [0.1, 0.15) is 24.8 Å². The van der Waals surface area contributed by atoms with Crippen molar-refractivity contribution in [2.75, 3.05) is 18.8 Å². The summed E-state index contributed by atoms with van der Waals surface area (Å²) in [4.78, 5) is 18.2. The number of likely N-dealkylation sites (tertiary alicyclic amines) is 1. The van der Waals surface area contributed by atoms with Crippen molar-refractivity contribution >= 4 is 17.7 Å². The van der Waals surface area contributed by atoms with Crippen molar-refractivity contribution in [2.24, 2.45) is 5.73 Å². The minimum atomic E-state index is 0.226. The van der Waals surface area contributed by atoms with Gasteiger partial charge >= 0.3 is 0 Å². The van der Waals surface area contributed by atoms with E-state index < -0.39 is 0 Å². The summed E-state index contributed by atoms with van der Waals surface area (Å²) in [5.74, 6) is 0.707. The quantitative estimate of drug-likeness (QED) is 0.841. The van der Waals surface area contributed by atoms with Gasteiger partial charge in [0.2, 0.25) is 5.91 Å². The SMILES string of the molecule is NCc1ccc(SCC(=O)N2CCCCC2)nc1. The number of rotatable bonds is 4. The van der Waals surface area contributed by atoms with E-state index in [0.29, 0.717) is 12.3 Å². The molecule has 5 heteroatoms. The number of aromatic nitrogens is 1. The molecule has 0 radical (unpaired) electrons. The van der Waals surface area contributed by atoms with Crippen LogP contribution in [0, 0.1) is 0 Å². The maximum Gasteiger partial charge on any atom is 0.232 e. The molecule has 1 aromatic rings. The highest BCUT2D eigenvalue weighted by Gasteiger charge is 2.16.